The van der Waals surface area contributed by atoms with Crippen LogP contribution in [0.4, 0.5) is 0 Å². The molecule has 0 amide bonds. The van der Waals surface area contributed by atoms with Crippen molar-refractivity contribution in [3.63, 3.8) is 0 Å². The van der Waals surface area contributed by atoms with Crippen LogP contribution in [0.2, 0.25) is 5.02 Å². The standard InChI is InChI=1S/C10H13ClOS/c1-8(6-7-12)13-10-4-2-9(11)3-5-10/h2-5,8,12H,6-7H2,1H3. The highest BCUT2D eigenvalue weighted by molar-refractivity contribution is 7.99. The number of aliphatic hydroxyl groups is 1. The van der Waals surface area contributed by atoms with E-state index < -0.39 is 0 Å². The second-order valence-electron chi connectivity index (χ2n) is 2.89. The first-order valence-electron chi connectivity index (χ1n) is 4.25. The molecule has 0 saturated heterocycles. The first-order chi connectivity index (χ1) is 6.22. The average Bonchev–Trinajstić information content (AvgIpc) is 2.09. The van der Waals surface area contributed by atoms with Crippen LogP contribution in [0.1, 0.15) is 13.3 Å². The number of hydrogen-bond acceptors (Lipinski definition) is 2. The number of aliphatic hydroxyl groups excluding tert-OH is 1. The molecule has 0 bridgehead atoms. The maximum absolute atomic E-state index is 8.72. The topological polar surface area (TPSA) is 20.2 Å². The van der Waals surface area contributed by atoms with Gasteiger partial charge in [-0.3, -0.25) is 0 Å². The average molecular weight is 217 g/mol. The molecule has 0 heterocycles. The fourth-order valence-corrected chi connectivity index (χ4v) is 2.09. The normalized spacial score (nSPS) is 12.8. The molecule has 1 aromatic rings. The predicted octanol–water partition coefficient (Wildman–Crippen LogP) is 3.20. The van der Waals surface area contributed by atoms with Crippen LogP contribution in [0.25, 0.3) is 0 Å². The summed E-state index contributed by atoms with van der Waals surface area (Å²) in [6, 6.07) is 7.77. The van der Waals surface area contributed by atoms with E-state index in [9.17, 15) is 0 Å². The van der Waals surface area contributed by atoms with E-state index in [4.69, 9.17) is 16.7 Å². The zero-order valence-electron chi connectivity index (χ0n) is 7.53. The molecule has 0 fully saturated rings. The van der Waals surface area contributed by atoms with Gasteiger partial charge in [-0.2, -0.15) is 0 Å². The Morgan fingerprint density at radius 3 is 2.54 bits per heavy atom. The van der Waals surface area contributed by atoms with Gasteiger partial charge in [0.05, 0.1) is 0 Å². The molecule has 1 N–H and O–H groups in total. The molecule has 0 aromatic heterocycles. The molecule has 0 aliphatic carbocycles. The Balaban J connectivity index is 2.49. The first kappa shape index (κ1) is 10.9. The van der Waals surface area contributed by atoms with Crippen LogP contribution in [0.5, 0.6) is 0 Å². The molecule has 1 nitrogen and oxygen atoms in total. The first-order valence-corrected chi connectivity index (χ1v) is 5.51. The van der Waals surface area contributed by atoms with Crippen molar-refractivity contribution in [1.82, 2.24) is 0 Å². The maximum Gasteiger partial charge on any atom is 0.0441 e. The van der Waals surface area contributed by atoms with Crippen molar-refractivity contribution in [2.24, 2.45) is 0 Å². The van der Waals surface area contributed by atoms with E-state index in [-0.39, 0.29) is 6.61 Å². The Hall–Kier alpha value is -0.180. The Morgan fingerprint density at radius 2 is 2.00 bits per heavy atom. The monoisotopic (exact) mass is 216 g/mol. The van der Waals surface area contributed by atoms with Gasteiger partial charge in [0.1, 0.15) is 0 Å². The van der Waals surface area contributed by atoms with Crippen LogP contribution in [0.15, 0.2) is 29.2 Å². The fraction of sp³-hybridized carbons (Fsp3) is 0.400. The van der Waals surface area contributed by atoms with Gasteiger partial charge in [-0.1, -0.05) is 18.5 Å². The van der Waals surface area contributed by atoms with Gasteiger partial charge in [-0.25, -0.2) is 0 Å². The van der Waals surface area contributed by atoms with Crippen LogP contribution in [0.3, 0.4) is 0 Å². The van der Waals surface area contributed by atoms with Gasteiger partial charge in [-0.05, 0) is 30.7 Å². The summed E-state index contributed by atoms with van der Waals surface area (Å²) in [5.41, 5.74) is 0. The van der Waals surface area contributed by atoms with Crippen LogP contribution in [-0.4, -0.2) is 17.0 Å². The molecular weight excluding hydrogens is 204 g/mol. The van der Waals surface area contributed by atoms with Gasteiger partial charge in [-0.15, -0.1) is 11.8 Å². The van der Waals surface area contributed by atoms with Gasteiger partial charge in [0.2, 0.25) is 0 Å². The summed E-state index contributed by atoms with van der Waals surface area (Å²) in [7, 11) is 0. The number of halogens is 1. The third-order valence-electron chi connectivity index (χ3n) is 1.69. The highest BCUT2D eigenvalue weighted by Gasteiger charge is 2.02. The minimum absolute atomic E-state index is 0.252. The molecule has 3 heteroatoms. The SMILES string of the molecule is CC(CCO)Sc1ccc(Cl)cc1. The quantitative estimate of drug-likeness (QED) is 0.781. The lowest BCUT2D eigenvalue weighted by Gasteiger charge is -2.08. The van der Waals surface area contributed by atoms with E-state index in [0.29, 0.717) is 5.25 Å². The van der Waals surface area contributed by atoms with E-state index >= 15 is 0 Å². The summed E-state index contributed by atoms with van der Waals surface area (Å²) in [6.07, 6.45) is 0.827. The molecule has 1 atom stereocenters. The van der Waals surface area contributed by atoms with E-state index in [2.05, 4.69) is 6.92 Å². The summed E-state index contributed by atoms with van der Waals surface area (Å²) in [5.74, 6) is 0. The van der Waals surface area contributed by atoms with Gasteiger partial charge in [0.25, 0.3) is 0 Å². The van der Waals surface area contributed by atoms with Gasteiger partial charge in [0, 0.05) is 21.8 Å². The second-order valence-corrected chi connectivity index (χ2v) is 4.84. The molecule has 0 saturated carbocycles. The van der Waals surface area contributed by atoms with Crippen LogP contribution < -0.4 is 0 Å². The minimum atomic E-state index is 0.252. The van der Waals surface area contributed by atoms with Crippen molar-refractivity contribution in [2.75, 3.05) is 6.61 Å². The summed E-state index contributed by atoms with van der Waals surface area (Å²) in [5, 5.41) is 9.94. The predicted molar refractivity (Wildman–Crippen MR) is 58.5 cm³/mol. The van der Waals surface area contributed by atoms with Gasteiger partial charge in [0.15, 0.2) is 0 Å². The smallest absolute Gasteiger partial charge is 0.0441 e. The van der Waals surface area contributed by atoms with Crippen LogP contribution >= 0.6 is 23.4 Å². The molecule has 1 rings (SSSR count). The molecule has 0 radical (unpaired) electrons. The van der Waals surface area contributed by atoms with Crippen molar-refractivity contribution < 1.29 is 5.11 Å². The maximum atomic E-state index is 8.72. The minimum Gasteiger partial charge on any atom is -0.396 e. The molecule has 1 unspecified atom stereocenters. The zero-order valence-corrected chi connectivity index (χ0v) is 9.11. The lowest BCUT2D eigenvalue weighted by molar-refractivity contribution is 0.289. The number of benzene rings is 1. The van der Waals surface area contributed by atoms with Gasteiger partial charge < -0.3 is 5.11 Å². The van der Waals surface area contributed by atoms with Crippen molar-refractivity contribution in [2.45, 2.75) is 23.5 Å². The molecule has 1 aromatic carbocycles. The van der Waals surface area contributed by atoms with Crippen molar-refractivity contribution in [3.8, 4) is 0 Å². The van der Waals surface area contributed by atoms with E-state index in [1.165, 1.54) is 4.90 Å². The summed E-state index contributed by atoms with van der Waals surface area (Å²) < 4.78 is 0. The zero-order chi connectivity index (χ0) is 9.68. The summed E-state index contributed by atoms with van der Waals surface area (Å²) in [4.78, 5) is 1.20. The highest BCUT2D eigenvalue weighted by atomic mass is 35.5. The fourth-order valence-electron chi connectivity index (χ4n) is 0.986. The number of thioether (sulfide) groups is 1. The van der Waals surface area contributed by atoms with Crippen LogP contribution in [0, 0.1) is 0 Å². The summed E-state index contributed by atoms with van der Waals surface area (Å²) in [6.45, 7) is 2.36. The molecule has 13 heavy (non-hydrogen) atoms. The third kappa shape index (κ3) is 4.03. The van der Waals surface area contributed by atoms with Crippen LogP contribution in [-0.2, 0) is 0 Å². The Morgan fingerprint density at radius 1 is 1.38 bits per heavy atom. The van der Waals surface area contributed by atoms with Crippen molar-refractivity contribution in [1.29, 1.82) is 0 Å². The molecular formula is C10H13ClOS. The highest BCUT2D eigenvalue weighted by Crippen LogP contribution is 2.25. The van der Waals surface area contributed by atoms with E-state index in [0.717, 1.165) is 11.4 Å². The van der Waals surface area contributed by atoms with Gasteiger partial charge >= 0.3 is 0 Å². The van der Waals surface area contributed by atoms with E-state index in [1.54, 1.807) is 11.8 Å². The summed E-state index contributed by atoms with van der Waals surface area (Å²) >= 11 is 7.52. The van der Waals surface area contributed by atoms with Crippen molar-refractivity contribution in [3.05, 3.63) is 29.3 Å². The molecule has 0 aliphatic rings. The van der Waals surface area contributed by atoms with E-state index in [1.807, 2.05) is 24.3 Å². The second kappa shape index (κ2) is 5.53. The Bertz CT molecular complexity index is 248. The lowest BCUT2D eigenvalue weighted by Crippen LogP contribution is -1.98. The lowest BCUT2D eigenvalue weighted by atomic mass is 10.3. The largest absolute Gasteiger partial charge is 0.396 e. The molecule has 0 aliphatic heterocycles. The molecule has 72 valence electrons. The Kier molecular flexibility index (Phi) is 4.64. The number of rotatable bonds is 4. The number of hydrogen-bond donors (Lipinski definition) is 1. The molecule has 0 spiro atoms. The third-order valence-corrected chi connectivity index (χ3v) is 3.12. The van der Waals surface area contributed by atoms with Crippen molar-refractivity contribution >= 4 is 23.4 Å². The Labute approximate surface area is 88.1 Å².